The van der Waals surface area contributed by atoms with Crippen LogP contribution < -0.4 is 15.0 Å². The third kappa shape index (κ3) is 2.72. The molecule has 1 saturated heterocycles. The number of pyridine rings is 1. The van der Waals surface area contributed by atoms with E-state index in [9.17, 15) is 0 Å². The van der Waals surface area contributed by atoms with Crippen molar-refractivity contribution < 1.29 is 4.74 Å². The van der Waals surface area contributed by atoms with E-state index in [1.807, 2.05) is 20.2 Å². The SMILES string of the molecule is CCOc1cc(N2CCCC2NC)cnc1Br. The molecule has 1 unspecified atom stereocenters. The molecule has 0 aliphatic carbocycles. The molecule has 0 amide bonds. The van der Waals surface area contributed by atoms with E-state index >= 15 is 0 Å². The lowest BCUT2D eigenvalue weighted by molar-refractivity contribution is 0.336. The second kappa shape index (κ2) is 5.69. The predicted octanol–water partition coefficient (Wildman–Crippen LogP) is 2.39. The summed E-state index contributed by atoms with van der Waals surface area (Å²) >= 11 is 3.40. The summed E-state index contributed by atoms with van der Waals surface area (Å²) in [7, 11) is 2.00. The highest BCUT2D eigenvalue weighted by Crippen LogP contribution is 2.30. The van der Waals surface area contributed by atoms with E-state index in [4.69, 9.17) is 4.74 Å². The van der Waals surface area contributed by atoms with Gasteiger partial charge in [-0.2, -0.15) is 0 Å². The Hall–Kier alpha value is -0.810. The van der Waals surface area contributed by atoms with Crippen LogP contribution in [0.3, 0.4) is 0 Å². The van der Waals surface area contributed by atoms with E-state index in [0.717, 1.165) is 22.6 Å². The maximum Gasteiger partial charge on any atom is 0.154 e. The van der Waals surface area contributed by atoms with Gasteiger partial charge in [0.2, 0.25) is 0 Å². The summed E-state index contributed by atoms with van der Waals surface area (Å²) in [5, 5.41) is 3.32. The smallest absolute Gasteiger partial charge is 0.154 e. The number of nitrogens with zero attached hydrogens (tertiary/aromatic N) is 2. The number of nitrogens with one attached hydrogen (secondary N) is 1. The molecule has 1 aliphatic rings. The molecule has 2 rings (SSSR count). The van der Waals surface area contributed by atoms with Crippen LogP contribution in [0.15, 0.2) is 16.9 Å². The minimum atomic E-state index is 0.410. The molecule has 0 bridgehead atoms. The lowest BCUT2D eigenvalue weighted by atomic mass is 10.3. The second-order valence-electron chi connectivity index (χ2n) is 4.06. The maximum atomic E-state index is 5.55. The van der Waals surface area contributed by atoms with E-state index in [-0.39, 0.29) is 0 Å². The molecule has 0 aromatic carbocycles. The predicted molar refractivity (Wildman–Crippen MR) is 72.5 cm³/mol. The average Bonchev–Trinajstić information content (AvgIpc) is 2.80. The van der Waals surface area contributed by atoms with E-state index in [0.29, 0.717) is 12.8 Å². The van der Waals surface area contributed by atoms with Gasteiger partial charge in [0.25, 0.3) is 0 Å². The summed E-state index contributed by atoms with van der Waals surface area (Å²) < 4.78 is 6.32. The molecular formula is C12H18BrN3O. The molecule has 17 heavy (non-hydrogen) atoms. The first-order chi connectivity index (χ1) is 8.26. The highest BCUT2D eigenvalue weighted by molar-refractivity contribution is 9.10. The number of anilines is 1. The van der Waals surface area contributed by atoms with Gasteiger partial charge in [-0.25, -0.2) is 4.98 Å². The summed E-state index contributed by atoms with van der Waals surface area (Å²) in [5.74, 6) is 0.812. The molecule has 1 aromatic rings. The summed E-state index contributed by atoms with van der Waals surface area (Å²) in [6.45, 7) is 3.70. The van der Waals surface area contributed by atoms with Crippen LogP contribution in [0.2, 0.25) is 0 Å². The lowest BCUT2D eigenvalue weighted by Gasteiger charge is -2.26. The topological polar surface area (TPSA) is 37.4 Å². The highest BCUT2D eigenvalue weighted by Gasteiger charge is 2.23. The van der Waals surface area contributed by atoms with Gasteiger partial charge in [0.15, 0.2) is 5.75 Å². The molecule has 1 atom stereocenters. The van der Waals surface area contributed by atoms with Gasteiger partial charge in [-0.15, -0.1) is 0 Å². The van der Waals surface area contributed by atoms with Crippen molar-refractivity contribution in [2.75, 3.05) is 25.1 Å². The average molecular weight is 300 g/mol. The maximum absolute atomic E-state index is 5.55. The van der Waals surface area contributed by atoms with Crippen molar-refractivity contribution in [3.63, 3.8) is 0 Å². The molecular weight excluding hydrogens is 282 g/mol. The first-order valence-corrected chi connectivity index (χ1v) is 6.77. The molecule has 4 nitrogen and oxygen atoms in total. The zero-order valence-electron chi connectivity index (χ0n) is 10.2. The molecule has 0 spiro atoms. The van der Waals surface area contributed by atoms with Crippen molar-refractivity contribution in [2.45, 2.75) is 25.9 Å². The Kier molecular flexibility index (Phi) is 4.23. The Bertz CT molecular complexity index is 386. The zero-order valence-corrected chi connectivity index (χ0v) is 11.8. The van der Waals surface area contributed by atoms with Crippen LogP contribution >= 0.6 is 15.9 Å². The van der Waals surface area contributed by atoms with Gasteiger partial charge in [-0.1, -0.05) is 0 Å². The first kappa shape index (κ1) is 12.6. The Morgan fingerprint density at radius 3 is 3.18 bits per heavy atom. The van der Waals surface area contributed by atoms with Crippen molar-refractivity contribution in [2.24, 2.45) is 0 Å². The minimum Gasteiger partial charge on any atom is -0.491 e. The van der Waals surface area contributed by atoms with Gasteiger partial charge in [-0.3, -0.25) is 0 Å². The van der Waals surface area contributed by atoms with Gasteiger partial charge in [0.1, 0.15) is 4.60 Å². The van der Waals surface area contributed by atoms with Gasteiger partial charge in [-0.05, 0) is 42.7 Å². The number of rotatable bonds is 4. The molecule has 0 saturated carbocycles. The molecule has 1 N–H and O–H groups in total. The molecule has 94 valence electrons. The van der Waals surface area contributed by atoms with E-state index in [2.05, 4.69) is 37.2 Å². The summed E-state index contributed by atoms with van der Waals surface area (Å²) in [6.07, 6.45) is 4.69. The molecule has 5 heteroatoms. The van der Waals surface area contributed by atoms with Crippen LogP contribution in [0.25, 0.3) is 0 Å². The highest BCUT2D eigenvalue weighted by atomic mass is 79.9. The standard InChI is InChI=1S/C12H18BrN3O/c1-3-17-10-7-9(8-15-12(10)13)16-6-4-5-11(16)14-2/h7-8,11,14H,3-6H2,1-2H3. The summed E-state index contributed by atoms with van der Waals surface area (Å²) in [4.78, 5) is 6.67. The van der Waals surface area contributed by atoms with Crippen LogP contribution in [0, 0.1) is 0 Å². The number of aromatic nitrogens is 1. The van der Waals surface area contributed by atoms with E-state index in [1.165, 1.54) is 12.8 Å². The van der Waals surface area contributed by atoms with E-state index < -0.39 is 0 Å². The molecule has 1 fully saturated rings. The lowest BCUT2D eigenvalue weighted by Crippen LogP contribution is -2.39. The van der Waals surface area contributed by atoms with Gasteiger partial charge >= 0.3 is 0 Å². The monoisotopic (exact) mass is 299 g/mol. The van der Waals surface area contributed by atoms with Crippen molar-refractivity contribution in [1.29, 1.82) is 0 Å². The van der Waals surface area contributed by atoms with Crippen LogP contribution in [0.5, 0.6) is 5.75 Å². The van der Waals surface area contributed by atoms with Crippen molar-refractivity contribution in [3.05, 3.63) is 16.9 Å². The van der Waals surface area contributed by atoms with Crippen LogP contribution in [0.4, 0.5) is 5.69 Å². The summed E-state index contributed by atoms with van der Waals surface area (Å²) in [6, 6.07) is 2.05. The normalized spacial score (nSPS) is 19.7. The van der Waals surface area contributed by atoms with Crippen molar-refractivity contribution in [1.82, 2.24) is 10.3 Å². The van der Waals surface area contributed by atoms with Gasteiger partial charge < -0.3 is 15.0 Å². The second-order valence-corrected chi connectivity index (χ2v) is 4.81. The van der Waals surface area contributed by atoms with Crippen molar-refractivity contribution in [3.8, 4) is 5.75 Å². The third-order valence-corrected chi connectivity index (χ3v) is 3.61. The van der Waals surface area contributed by atoms with Gasteiger partial charge in [0.05, 0.1) is 24.7 Å². The molecule has 1 aliphatic heterocycles. The van der Waals surface area contributed by atoms with Crippen molar-refractivity contribution >= 4 is 21.6 Å². The number of ether oxygens (including phenoxy) is 1. The zero-order chi connectivity index (χ0) is 12.3. The first-order valence-electron chi connectivity index (χ1n) is 5.98. The quantitative estimate of drug-likeness (QED) is 0.866. The number of hydrogen-bond acceptors (Lipinski definition) is 4. The summed E-state index contributed by atoms with van der Waals surface area (Å²) in [5.41, 5.74) is 1.12. The van der Waals surface area contributed by atoms with Crippen LogP contribution in [-0.2, 0) is 0 Å². The Morgan fingerprint density at radius 1 is 1.65 bits per heavy atom. The third-order valence-electron chi connectivity index (χ3n) is 3.01. The minimum absolute atomic E-state index is 0.410. The number of hydrogen-bond donors (Lipinski definition) is 1. The van der Waals surface area contributed by atoms with Crippen LogP contribution in [-0.4, -0.2) is 31.3 Å². The fraction of sp³-hybridized carbons (Fsp3) is 0.583. The fourth-order valence-corrected chi connectivity index (χ4v) is 2.54. The van der Waals surface area contributed by atoms with Crippen LogP contribution in [0.1, 0.15) is 19.8 Å². The Morgan fingerprint density at radius 2 is 2.47 bits per heavy atom. The van der Waals surface area contributed by atoms with Gasteiger partial charge in [0, 0.05) is 12.6 Å². The molecule has 0 radical (unpaired) electrons. The Labute approximate surface area is 110 Å². The number of halogens is 1. The molecule has 2 heterocycles. The largest absolute Gasteiger partial charge is 0.491 e. The fourth-order valence-electron chi connectivity index (χ4n) is 2.21. The Balaban J connectivity index is 2.23. The molecule has 1 aromatic heterocycles. The van der Waals surface area contributed by atoms with E-state index in [1.54, 1.807) is 0 Å².